The normalized spacial score (nSPS) is 11.4. The van der Waals surface area contributed by atoms with Crippen LogP contribution in [0.5, 0.6) is 5.75 Å². The molecule has 1 aromatic rings. The van der Waals surface area contributed by atoms with Crippen molar-refractivity contribution in [1.82, 2.24) is 0 Å². The first-order valence-corrected chi connectivity index (χ1v) is 6.14. The second-order valence-electron chi connectivity index (χ2n) is 3.30. The van der Waals surface area contributed by atoms with E-state index >= 15 is 0 Å². The Kier molecular flexibility index (Phi) is 5.50. The second kappa shape index (κ2) is 6.92. The summed E-state index contributed by atoms with van der Waals surface area (Å²) in [5, 5.41) is 9.35. The standard InChI is InChI=1S/C12H12BrNO3/c1-9(15)17-11(6-13)8-16-12-5-3-2-4-10(12)7-14/h2-5,11H,6,8H2,1H3/t11-/m0/s1. The molecule has 0 aliphatic heterocycles. The Balaban J connectivity index is 2.60. The fourth-order valence-corrected chi connectivity index (χ4v) is 1.53. The van der Waals surface area contributed by atoms with Crippen LogP contribution >= 0.6 is 15.9 Å². The predicted octanol–water partition coefficient (Wildman–Crippen LogP) is 2.26. The number of halogens is 1. The van der Waals surface area contributed by atoms with E-state index in [0.717, 1.165) is 0 Å². The third-order valence-electron chi connectivity index (χ3n) is 1.94. The zero-order chi connectivity index (χ0) is 12.7. The molecule has 4 nitrogen and oxygen atoms in total. The van der Waals surface area contributed by atoms with Crippen molar-refractivity contribution in [3.8, 4) is 11.8 Å². The van der Waals surface area contributed by atoms with Crippen molar-refractivity contribution in [3.05, 3.63) is 29.8 Å². The number of esters is 1. The van der Waals surface area contributed by atoms with E-state index in [9.17, 15) is 4.79 Å². The number of benzene rings is 1. The Morgan fingerprint density at radius 2 is 2.24 bits per heavy atom. The van der Waals surface area contributed by atoms with Gasteiger partial charge in [-0.3, -0.25) is 4.79 Å². The van der Waals surface area contributed by atoms with Gasteiger partial charge in [0.05, 0.1) is 5.56 Å². The van der Waals surface area contributed by atoms with Crippen molar-refractivity contribution >= 4 is 21.9 Å². The zero-order valence-electron chi connectivity index (χ0n) is 9.35. The van der Waals surface area contributed by atoms with Gasteiger partial charge in [-0.2, -0.15) is 5.26 Å². The lowest BCUT2D eigenvalue weighted by Crippen LogP contribution is -2.25. The van der Waals surface area contributed by atoms with E-state index in [0.29, 0.717) is 16.6 Å². The van der Waals surface area contributed by atoms with E-state index in [-0.39, 0.29) is 18.7 Å². The van der Waals surface area contributed by atoms with E-state index in [2.05, 4.69) is 15.9 Å². The minimum Gasteiger partial charge on any atom is -0.488 e. The Morgan fingerprint density at radius 1 is 1.53 bits per heavy atom. The van der Waals surface area contributed by atoms with E-state index in [1.807, 2.05) is 6.07 Å². The van der Waals surface area contributed by atoms with Gasteiger partial charge in [0.15, 0.2) is 0 Å². The molecule has 0 saturated heterocycles. The lowest BCUT2D eigenvalue weighted by Gasteiger charge is -2.15. The molecule has 1 atom stereocenters. The minimum atomic E-state index is -0.362. The average molecular weight is 298 g/mol. The van der Waals surface area contributed by atoms with Crippen LogP contribution in [0.4, 0.5) is 0 Å². The third kappa shape index (κ3) is 4.45. The van der Waals surface area contributed by atoms with Crippen LogP contribution in [0, 0.1) is 11.3 Å². The van der Waals surface area contributed by atoms with Crippen LogP contribution in [-0.4, -0.2) is 24.0 Å². The SMILES string of the molecule is CC(=O)O[C@@H](CBr)COc1ccccc1C#N. The second-order valence-corrected chi connectivity index (χ2v) is 3.95. The van der Waals surface area contributed by atoms with E-state index in [1.165, 1.54) is 6.92 Å². The number of nitriles is 1. The largest absolute Gasteiger partial charge is 0.488 e. The van der Waals surface area contributed by atoms with Gasteiger partial charge in [0, 0.05) is 12.3 Å². The van der Waals surface area contributed by atoms with E-state index < -0.39 is 0 Å². The first kappa shape index (κ1) is 13.5. The highest BCUT2D eigenvalue weighted by Gasteiger charge is 2.12. The van der Waals surface area contributed by atoms with Crippen LogP contribution in [0.3, 0.4) is 0 Å². The van der Waals surface area contributed by atoms with Crippen LogP contribution in [-0.2, 0) is 9.53 Å². The molecular formula is C12H12BrNO3. The summed E-state index contributed by atoms with van der Waals surface area (Å²) in [5.74, 6) is 0.139. The molecule has 90 valence electrons. The van der Waals surface area contributed by atoms with Gasteiger partial charge < -0.3 is 9.47 Å². The third-order valence-corrected chi connectivity index (χ3v) is 2.66. The van der Waals surface area contributed by atoms with Crippen molar-refractivity contribution in [2.75, 3.05) is 11.9 Å². The smallest absolute Gasteiger partial charge is 0.303 e. The van der Waals surface area contributed by atoms with Gasteiger partial charge in [-0.1, -0.05) is 28.1 Å². The van der Waals surface area contributed by atoms with Gasteiger partial charge in [-0.25, -0.2) is 0 Å². The summed E-state index contributed by atoms with van der Waals surface area (Å²) in [7, 11) is 0. The average Bonchev–Trinajstić information content (AvgIpc) is 2.34. The first-order valence-electron chi connectivity index (χ1n) is 5.02. The summed E-state index contributed by atoms with van der Waals surface area (Å²) in [4.78, 5) is 10.8. The molecule has 1 rings (SSSR count). The molecule has 17 heavy (non-hydrogen) atoms. The molecule has 0 aliphatic rings. The summed E-state index contributed by atoms with van der Waals surface area (Å²) < 4.78 is 10.5. The molecule has 0 spiro atoms. The van der Waals surface area contributed by atoms with Crippen LogP contribution in [0.2, 0.25) is 0 Å². The minimum absolute atomic E-state index is 0.212. The fraction of sp³-hybridized carbons (Fsp3) is 0.333. The number of carbonyl (C=O) groups is 1. The highest BCUT2D eigenvalue weighted by molar-refractivity contribution is 9.09. The quantitative estimate of drug-likeness (QED) is 0.618. The Morgan fingerprint density at radius 3 is 2.82 bits per heavy atom. The molecule has 0 radical (unpaired) electrons. The zero-order valence-corrected chi connectivity index (χ0v) is 10.9. The summed E-state index contributed by atoms with van der Waals surface area (Å²) in [6.45, 7) is 1.56. The molecule has 0 amide bonds. The summed E-state index contributed by atoms with van der Waals surface area (Å²) in [5.41, 5.74) is 0.462. The molecule has 0 bridgehead atoms. The number of nitrogens with zero attached hydrogens (tertiary/aromatic N) is 1. The number of para-hydroxylation sites is 1. The molecule has 0 aromatic heterocycles. The molecule has 1 aromatic carbocycles. The molecule has 5 heteroatoms. The van der Waals surface area contributed by atoms with Crippen molar-refractivity contribution in [2.24, 2.45) is 0 Å². The molecule has 0 fully saturated rings. The van der Waals surface area contributed by atoms with Gasteiger partial charge in [0.1, 0.15) is 24.5 Å². The van der Waals surface area contributed by atoms with Crippen LogP contribution in [0.1, 0.15) is 12.5 Å². The van der Waals surface area contributed by atoms with Crippen LogP contribution in [0.25, 0.3) is 0 Å². The maximum absolute atomic E-state index is 10.8. The highest BCUT2D eigenvalue weighted by Crippen LogP contribution is 2.17. The molecule has 0 N–H and O–H groups in total. The topological polar surface area (TPSA) is 59.3 Å². The number of alkyl halides is 1. The lowest BCUT2D eigenvalue weighted by atomic mass is 10.2. The Bertz CT molecular complexity index is 428. The molecular weight excluding hydrogens is 286 g/mol. The van der Waals surface area contributed by atoms with Gasteiger partial charge in [-0.15, -0.1) is 0 Å². The van der Waals surface area contributed by atoms with Crippen molar-refractivity contribution < 1.29 is 14.3 Å². The summed E-state index contributed by atoms with van der Waals surface area (Å²) in [6, 6.07) is 8.96. The van der Waals surface area contributed by atoms with Crippen LogP contribution in [0.15, 0.2) is 24.3 Å². The van der Waals surface area contributed by atoms with Crippen molar-refractivity contribution in [2.45, 2.75) is 13.0 Å². The molecule has 0 saturated carbocycles. The fourth-order valence-electron chi connectivity index (χ4n) is 1.21. The predicted molar refractivity (Wildman–Crippen MR) is 66.0 cm³/mol. The van der Waals surface area contributed by atoms with Gasteiger partial charge >= 0.3 is 5.97 Å². The van der Waals surface area contributed by atoms with Gasteiger partial charge in [-0.05, 0) is 12.1 Å². The molecule has 0 aliphatic carbocycles. The summed E-state index contributed by atoms with van der Waals surface area (Å²) in [6.07, 6.45) is -0.362. The van der Waals surface area contributed by atoms with Crippen molar-refractivity contribution in [1.29, 1.82) is 5.26 Å². The van der Waals surface area contributed by atoms with E-state index in [1.54, 1.807) is 24.3 Å². The Labute approximate surface area is 108 Å². The summed E-state index contributed by atoms with van der Waals surface area (Å²) >= 11 is 3.23. The highest BCUT2D eigenvalue weighted by atomic mass is 79.9. The lowest BCUT2D eigenvalue weighted by molar-refractivity contribution is -0.146. The number of ether oxygens (including phenoxy) is 2. The van der Waals surface area contributed by atoms with Crippen LogP contribution < -0.4 is 4.74 Å². The maximum atomic E-state index is 10.8. The number of hydrogen-bond donors (Lipinski definition) is 0. The Hall–Kier alpha value is -1.54. The van der Waals surface area contributed by atoms with Crippen molar-refractivity contribution in [3.63, 3.8) is 0 Å². The monoisotopic (exact) mass is 297 g/mol. The molecule has 0 heterocycles. The number of hydrogen-bond acceptors (Lipinski definition) is 4. The first-order chi connectivity index (χ1) is 8.17. The van der Waals surface area contributed by atoms with E-state index in [4.69, 9.17) is 14.7 Å². The number of carbonyl (C=O) groups excluding carboxylic acids is 1. The number of rotatable bonds is 5. The van der Waals surface area contributed by atoms with Gasteiger partial charge in [0.2, 0.25) is 0 Å². The molecule has 0 unspecified atom stereocenters. The maximum Gasteiger partial charge on any atom is 0.303 e. The van der Waals surface area contributed by atoms with Gasteiger partial charge in [0.25, 0.3) is 0 Å².